The molecular weight excluding hydrogens is 282 g/mol. The molecular formula is C18H19ClNO. The van der Waals surface area contributed by atoms with Crippen molar-refractivity contribution in [2.75, 3.05) is 13.1 Å². The summed E-state index contributed by atoms with van der Waals surface area (Å²) >= 11 is 6.39. The molecule has 1 aliphatic rings. The largest absolute Gasteiger partial charge is 0.380 e. The summed E-state index contributed by atoms with van der Waals surface area (Å²) in [6.45, 7) is 1.62. The molecule has 0 amide bonds. The van der Waals surface area contributed by atoms with E-state index in [1.54, 1.807) is 0 Å². The third kappa shape index (κ3) is 2.71. The van der Waals surface area contributed by atoms with Gasteiger partial charge in [0.15, 0.2) is 0 Å². The smallest absolute Gasteiger partial charge is 0.119 e. The summed E-state index contributed by atoms with van der Waals surface area (Å²) in [6, 6.07) is 17.5. The highest BCUT2D eigenvalue weighted by Gasteiger charge is 2.41. The number of rotatable bonds is 3. The number of hydrogen-bond acceptors (Lipinski definition) is 1. The summed E-state index contributed by atoms with van der Waals surface area (Å²) in [5, 5.41) is 16.7. The van der Waals surface area contributed by atoms with Crippen LogP contribution in [0.25, 0.3) is 0 Å². The van der Waals surface area contributed by atoms with Gasteiger partial charge in [-0.2, -0.15) is 0 Å². The summed E-state index contributed by atoms with van der Waals surface area (Å²) in [6.07, 6.45) is 1.77. The van der Waals surface area contributed by atoms with E-state index in [4.69, 9.17) is 11.6 Å². The first-order valence-corrected chi connectivity index (χ1v) is 7.77. The molecule has 1 atom stereocenters. The van der Waals surface area contributed by atoms with Crippen molar-refractivity contribution in [3.8, 4) is 0 Å². The Morgan fingerprint density at radius 3 is 2.24 bits per heavy atom. The van der Waals surface area contributed by atoms with E-state index in [0.29, 0.717) is 5.02 Å². The second-order valence-corrected chi connectivity index (χ2v) is 5.96. The van der Waals surface area contributed by atoms with Crippen LogP contribution in [-0.2, 0) is 5.60 Å². The topological polar surface area (TPSA) is 34.3 Å². The SMILES string of the molecule is OC(c1ccccc1)(c1ccccc1Cl)C1CC[N]CC1. The molecule has 0 aliphatic carbocycles. The normalized spacial score (nSPS) is 19.1. The predicted molar refractivity (Wildman–Crippen MR) is 85.5 cm³/mol. The van der Waals surface area contributed by atoms with Crippen LogP contribution in [0.4, 0.5) is 0 Å². The molecule has 1 heterocycles. The summed E-state index contributed by atoms with van der Waals surface area (Å²) in [7, 11) is 0. The van der Waals surface area contributed by atoms with E-state index in [0.717, 1.165) is 37.1 Å². The average molecular weight is 301 g/mol. The lowest BCUT2D eigenvalue weighted by Gasteiger charge is -2.39. The fourth-order valence-electron chi connectivity index (χ4n) is 3.24. The standard InChI is InChI=1S/C18H19ClNO/c19-17-9-5-4-8-16(17)18(21,14-6-2-1-3-7-14)15-10-12-20-13-11-15/h1-9,15,21H,10-13H2. The van der Waals surface area contributed by atoms with Gasteiger partial charge in [-0.3, -0.25) is 0 Å². The van der Waals surface area contributed by atoms with Crippen LogP contribution in [0.2, 0.25) is 5.02 Å². The summed E-state index contributed by atoms with van der Waals surface area (Å²) in [4.78, 5) is 0. The minimum absolute atomic E-state index is 0.136. The molecule has 3 heteroatoms. The minimum atomic E-state index is -1.05. The van der Waals surface area contributed by atoms with Crippen molar-refractivity contribution in [3.05, 3.63) is 70.7 Å². The molecule has 2 aromatic carbocycles. The van der Waals surface area contributed by atoms with Crippen molar-refractivity contribution in [1.82, 2.24) is 5.32 Å². The van der Waals surface area contributed by atoms with Crippen LogP contribution in [-0.4, -0.2) is 18.2 Å². The van der Waals surface area contributed by atoms with Gasteiger partial charge in [0.2, 0.25) is 0 Å². The molecule has 0 bridgehead atoms. The first-order chi connectivity index (χ1) is 10.2. The van der Waals surface area contributed by atoms with Crippen molar-refractivity contribution in [2.45, 2.75) is 18.4 Å². The second-order valence-electron chi connectivity index (χ2n) is 5.56. The van der Waals surface area contributed by atoms with Crippen LogP contribution < -0.4 is 5.32 Å². The van der Waals surface area contributed by atoms with E-state index in [-0.39, 0.29) is 5.92 Å². The van der Waals surface area contributed by atoms with E-state index in [1.807, 2.05) is 54.6 Å². The fraction of sp³-hybridized carbons (Fsp3) is 0.333. The molecule has 109 valence electrons. The molecule has 1 unspecified atom stereocenters. The van der Waals surface area contributed by atoms with Crippen LogP contribution in [0, 0.1) is 5.92 Å². The summed E-state index contributed by atoms with van der Waals surface area (Å²) < 4.78 is 0. The van der Waals surface area contributed by atoms with Gasteiger partial charge in [0.05, 0.1) is 0 Å². The second kappa shape index (κ2) is 6.18. The maximum absolute atomic E-state index is 11.6. The van der Waals surface area contributed by atoms with E-state index in [1.165, 1.54) is 0 Å². The number of halogens is 1. The zero-order valence-corrected chi connectivity index (χ0v) is 12.6. The van der Waals surface area contributed by atoms with Gasteiger partial charge in [0, 0.05) is 23.7 Å². The van der Waals surface area contributed by atoms with E-state index < -0.39 is 5.60 Å². The average Bonchev–Trinajstić information content (AvgIpc) is 2.56. The zero-order valence-electron chi connectivity index (χ0n) is 11.9. The number of piperidine rings is 1. The molecule has 21 heavy (non-hydrogen) atoms. The Kier molecular flexibility index (Phi) is 4.29. The summed E-state index contributed by atoms with van der Waals surface area (Å²) in [5.74, 6) is 0.136. The van der Waals surface area contributed by atoms with E-state index >= 15 is 0 Å². The highest BCUT2D eigenvalue weighted by atomic mass is 35.5. The third-order valence-corrected chi connectivity index (χ3v) is 4.69. The van der Waals surface area contributed by atoms with Gasteiger partial charge in [0.1, 0.15) is 5.60 Å². The first-order valence-electron chi connectivity index (χ1n) is 7.39. The van der Waals surface area contributed by atoms with Crippen molar-refractivity contribution in [2.24, 2.45) is 5.92 Å². The Balaban J connectivity index is 2.12. The molecule has 1 radical (unpaired) electrons. The van der Waals surface area contributed by atoms with Crippen LogP contribution in [0.15, 0.2) is 54.6 Å². The molecule has 1 fully saturated rings. The Labute approximate surface area is 130 Å². The Hall–Kier alpha value is -1.35. The molecule has 3 rings (SSSR count). The lowest BCUT2D eigenvalue weighted by atomic mass is 9.72. The third-order valence-electron chi connectivity index (χ3n) is 4.36. The van der Waals surface area contributed by atoms with Crippen molar-refractivity contribution >= 4 is 11.6 Å². The summed E-state index contributed by atoms with van der Waals surface area (Å²) in [5.41, 5.74) is 0.657. The first kappa shape index (κ1) is 14.6. The lowest BCUT2D eigenvalue weighted by molar-refractivity contribution is 0.00208. The van der Waals surface area contributed by atoms with Crippen LogP contribution in [0.5, 0.6) is 0 Å². The van der Waals surface area contributed by atoms with Gasteiger partial charge < -0.3 is 5.11 Å². The van der Waals surface area contributed by atoms with Crippen LogP contribution in [0.1, 0.15) is 24.0 Å². The van der Waals surface area contributed by atoms with Crippen molar-refractivity contribution in [3.63, 3.8) is 0 Å². The van der Waals surface area contributed by atoms with Gasteiger partial charge in [-0.1, -0.05) is 60.1 Å². The van der Waals surface area contributed by atoms with Gasteiger partial charge >= 0.3 is 0 Å². The molecule has 2 aromatic rings. The Bertz CT molecular complexity index is 595. The predicted octanol–water partition coefficient (Wildman–Crippen LogP) is 3.59. The highest BCUT2D eigenvalue weighted by molar-refractivity contribution is 6.31. The van der Waals surface area contributed by atoms with Crippen molar-refractivity contribution < 1.29 is 5.11 Å². The molecule has 0 aromatic heterocycles. The number of aliphatic hydroxyl groups is 1. The molecule has 2 nitrogen and oxygen atoms in total. The Morgan fingerprint density at radius 2 is 1.57 bits per heavy atom. The van der Waals surface area contributed by atoms with Gasteiger partial charge in [-0.15, -0.1) is 0 Å². The minimum Gasteiger partial charge on any atom is -0.380 e. The van der Waals surface area contributed by atoms with Gasteiger partial charge in [0.25, 0.3) is 0 Å². The van der Waals surface area contributed by atoms with Crippen LogP contribution >= 0.6 is 11.6 Å². The zero-order chi connectivity index (χ0) is 14.7. The molecule has 1 N–H and O–H groups in total. The number of hydrogen-bond donors (Lipinski definition) is 1. The van der Waals surface area contributed by atoms with Crippen molar-refractivity contribution in [1.29, 1.82) is 0 Å². The highest BCUT2D eigenvalue weighted by Crippen LogP contribution is 2.43. The van der Waals surface area contributed by atoms with E-state index in [9.17, 15) is 5.11 Å². The monoisotopic (exact) mass is 300 g/mol. The number of benzene rings is 2. The maximum atomic E-state index is 11.6. The molecule has 1 saturated heterocycles. The lowest BCUT2D eigenvalue weighted by Crippen LogP contribution is -2.41. The molecule has 0 spiro atoms. The fourth-order valence-corrected chi connectivity index (χ4v) is 3.52. The van der Waals surface area contributed by atoms with E-state index in [2.05, 4.69) is 5.32 Å². The number of nitrogens with zero attached hydrogens (tertiary/aromatic N) is 1. The van der Waals surface area contributed by atoms with Gasteiger partial charge in [-0.05, 0) is 30.4 Å². The van der Waals surface area contributed by atoms with Gasteiger partial charge in [-0.25, -0.2) is 5.32 Å². The Morgan fingerprint density at radius 1 is 0.952 bits per heavy atom. The molecule has 1 aliphatic heterocycles. The molecule has 0 saturated carbocycles. The van der Waals surface area contributed by atoms with Crippen LogP contribution in [0.3, 0.4) is 0 Å². The maximum Gasteiger partial charge on any atom is 0.119 e. The quantitative estimate of drug-likeness (QED) is 0.923.